The highest BCUT2D eigenvalue weighted by atomic mass is 16.5. The van der Waals surface area contributed by atoms with Crippen LogP contribution in [-0.4, -0.2) is 49.6 Å². The van der Waals surface area contributed by atoms with Gasteiger partial charge >= 0.3 is 5.97 Å². The molecular formula is C15H23NO5. The minimum absolute atomic E-state index is 0.0276. The van der Waals surface area contributed by atoms with Gasteiger partial charge in [-0.15, -0.1) is 0 Å². The number of benzene rings is 1. The molecule has 0 heterocycles. The highest BCUT2D eigenvalue weighted by Gasteiger charge is 2.14. The first-order valence-electron chi connectivity index (χ1n) is 6.87. The third-order valence-corrected chi connectivity index (χ3v) is 3.12. The summed E-state index contributed by atoms with van der Waals surface area (Å²) in [6.45, 7) is 0.672. The molecular weight excluding hydrogens is 274 g/mol. The zero-order valence-corrected chi connectivity index (χ0v) is 12.5. The fourth-order valence-electron chi connectivity index (χ4n) is 2.10. The van der Waals surface area contributed by atoms with Gasteiger partial charge in [0.05, 0.1) is 20.6 Å². The van der Waals surface area contributed by atoms with Crippen LogP contribution in [0.3, 0.4) is 0 Å². The summed E-state index contributed by atoms with van der Waals surface area (Å²) in [4.78, 5) is 10.9. The number of carboxylic acids is 1. The standard InChI is InChI=1S/C15H23NO5/c1-20-13-5-4-11(9-14(13)21-2)8-12(10-15(18)19)16-6-3-7-17/h4-5,9,12,16-17H,3,6-8,10H2,1-2H3,(H,18,19). The fraction of sp³-hybridized carbons (Fsp3) is 0.533. The summed E-state index contributed by atoms with van der Waals surface area (Å²) in [6, 6.07) is 5.36. The number of carbonyl (C=O) groups is 1. The molecule has 0 saturated carbocycles. The molecule has 1 aromatic rings. The molecule has 1 aromatic carbocycles. The van der Waals surface area contributed by atoms with E-state index in [0.29, 0.717) is 30.9 Å². The summed E-state index contributed by atoms with van der Waals surface area (Å²) in [5, 5.41) is 20.9. The number of aliphatic hydroxyl groups is 1. The molecule has 0 radical (unpaired) electrons. The summed E-state index contributed by atoms with van der Waals surface area (Å²) >= 11 is 0. The van der Waals surface area contributed by atoms with Crippen LogP contribution in [0.2, 0.25) is 0 Å². The van der Waals surface area contributed by atoms with Crippen molar-refractivity contribution in [2.24, 2.45) is 0 Å². The van der Waals surface area contributed by atoms with Crippen LogP contribution in [-0.2, 0) is 11.2 Å². The minimum Gasteiger partial charge on any atom is -0.493 e. The number of hydrogen-bond donors (Lipinski definition) is 3. The number of aliphatic carboxylic acids is 1. The Kier molecular flexibility index (Phi) is 7.56. The van der Waals surface area contributed by atoms with Crippen LogP contribution < -0.4 is 14.8 Å². The fourth-order valence-corrected chi connectivity index (χ4v) is 2.10. The molecule has 6 heteroatoms. The third kappa shape index (κ3) is 6.01. The van der Waals surface area contributed by atoms with E-state index in [9.17, 15) is 4.79 Å². The largest absolute Gasteiger partial charge is 0.493 e. The molecule has 0 spiro atoms. The van der Waals surface area contributed by atoms with Crippen LogP contribution in [0.4, 0.5) is 0 Å². The Morgan fingerprint density at radius 3 is 2.57 bits per heavy atom. The average Bonchev–Trinajstić information content (AvgIpc) is 2.46. The molecule has 0 fully saturated rings. The lowest BCUT2D eigenvalue weighted by atomic mass is 10.0. The van der Waals surface area contributed by atoms with E-state index in [1.807, 2.05) is 12.1 Å². The maximum Gasteiger partial charge on any atom is 0.304 e. The second-order valence-corrected chi connectivity index (χ2v) is 4.72. The summed E-state index contributed by atoms with van der Waals surface area (Å²) in [6.07, 6.45) is 1.19. The van der Waals surface area contributed by atoms with E-state index in [-0.39, 0.29) is 19.1 Å². The maximum absolute atomic E-state index is 10.9. The van der Waals surface area contributed by atoms with Gasteiger partial charge in [-0.1, -0.05) is 6.07 Å². The summed E-state index contributed by atoms with van der Waals surface area (Å²) < 4.78 is 10.4. The second-order valence-electron chi connectivity index (χ2n) is 4.72. The van der Waals surface area contributed by atoms with Crippen molar-refractivity contribution < 1.29 is 24.5 Å². The summed E-state index contributed by atoms with van der Waals surface area (Å²) in [5.41, 5.74) is 0.968. The third-order valence-electron chi connectivity index (χ3n) is 3.12. The normalized spacial score (nSPS) is 12.0. The number of carboxylic acid groups (broad SMARTS) is 1. The van der Waals surface area contributed by atoms with Crippen LogP contribution in [0, 0.1) is 0 Å². The van der Waals surface area contributed by atoms with Gasteiger partial charge in [-0.25, -0.2) is 0 Å². The Bertz CT molecular complexity index is 450. The molecule has 0 saturated heterocycles. The van der Waals surface area contributed by atoms with E-state index < -0.39 is 5.97 Å². The number of nitrogens with one attached hydrogen (secondary N) is 1. The van der Waals surface area contributed by atoms with Crippen molar-refractivity contribution in [1.29, 1.82) is 0 Å². The predicted molar refractivity (Wildman–Crippen MR) is 79.0 cm³/mol. The first-order valence-corrected chi connectivity index (χ1v) is 6.87. The first kappa shape index (κ1) is 17.3. The molecule has 0 amide bonds. The van der Waals surface area contributed by atoms with Crippen molar-refractivity contribution in [2.75, 3.05) is 27.4 Å². The van der Waals surface area contributed by atoms with Crippen LogP contribution in [0.15, 0.2) is 18.2 Å². The molecule has 3 N–H and O–H groups in total. The van der Waals surface area contributed by atoms with Crippen molar-refractivity contribution in [3.05, 3.63) is 23.8 Å². The zero-order chi connectivity index (χ0) is 15.7. The molecule has 0 aromatic heterocycles. The Morgan fingerprint density at radius 2 is 2.00 bits per heavy atom. The lowest BCUT2D eigenvalue weighted by molar-refractivity contribution is -0.137. The Morgan fingerprint density at radius 1 is 1.29 bits per heavy atom. The van der Waals surface area contributed by atoms with E-state index in [2.05, 4.69) is 5.32 Å². The monoisotopic (exact) mass is 297 g/mol. The molecule has 1 rings (SSSR count). The highest BCUT2D eigenvalue weighted by molar-refractivity contribution is 5.67. The van der Waals surface area contributed by atoms with Crippen LogP contribution >= 0.6 is 0 Å². The Hall–Kier alpha value is -1.79. The van der Waals surface area contributed by atoms with E-state index in [1.165, 1.54) is 0 Å². The van der Waals surface area contributed by atoms with Crippen molar-refractivity contribution in [1.82, 2.24) is 5.32 Å². The predicted octanol–water partition coefficient (Wildman–Crippen LogP) is 1.06. The van der Waals surface area contributed by atoms with Gasteiger partial charge < -0.3 is 25.0 Å². The van der Waals surface area contributed by atoms with Gasteiger partial charge in [-0.2, -0.15) is 0 Å². The van der Waals surface area contributed by atoms with E-state index in [4.69, 9.17) is 19.7 Å². The van der Waals surface area contributed by atoms with Gasteiger partial charge in [0.15, 0.2) is 11.5 Å². The van der Waals surface area contributed by atoms with E-state index in [0.717, 1.165) is 5.56 Å². The number of ether oxygens (including phenoxy) is 2. The van der Waals surface area contributed by atoms with Gasteiger partial charge in [0.25, 0.3) is 0 Å². The maximum atomic E-state index is 10.9. The zero-order valence-electron chi connectivity index (χ0n) is 12.5. The minimum atomic E-state index is -0.850. The molecule has 118 valence electrons. The van der Waals surface area contributed by atoms with Gasteiger partial charge in [0.2, 0.25) is 0 Å². The summed E-state index contributed by atoms with van der Waals surface area (Å²) in [7, 11) is 3.14. The molecule has 0 aliphatic carbocycles. The van der Waals surface area contributed by atoms with Gasteiger partial charge in [-0.05, 0) is 37.1 Å². The number of rotatable bonds is 10. The topological polar surface area (TPSA) is 88.0 Å². The van der Waals surface area contributed by atoms with E-state index in [1.54, 1.807) is 20.3 Å². The molecule has 0 bridgehead atoms. The lowest BCUT2D eigenvalue weighted by Crippen LogP contribution is -2.34. The average molecular weight is 297 g/mol. The van der Waals surface area contributed by atoms with Crippen LogP contribution in [0.25, 0.3) is 0 Å². The molecule has 0 aliphatic rings. The van der Waals surface area contributed by atoms with Crippen molar-refractivity contribution >= 4 is 5.97 Å². The van der Waals surface area contributed by atoms with Gasteiger partial charge in [-0.3, -0.25) is 4.79 Å². The second kappa shape index (κ2) is 9.20. The smallest absolute Gasteiger partial charge is 0.304 e. The molecule has 6 nitrogen and oxygen atoms in total. The molecule has 0 aliphatic heterocycles. The quantitative estimate of drug-likeness (QED) is 0.560. The van der Waals surface area contributed by atoms with Gasteiger partial charge in [0, 0.05) is 12.6 Å². The number of aliphatic hydroxyl groups excluding tert-OH is 1. The van der Waals surface area contributed by atoms with Gasteiger partial charge in [0.1, 0.15) is 0 Å². The lowest BCUT2D eigenvalue weighted by Gasteiger charge is -2.17. The number of hydrogen-bond acceptors (Lipinski definition) is 5. The molecule has 1 atom stereocenters. The SMILES string of the molecule is COc1ccc(CC(CC(=O)O)NCCCO)cc1OC. The van der Waals surface area contributed by atoms with E-state index >= 15 is 0 Å². The van der Waals surface area contributed by atoms with Crippen LogP contribution in [0.1, 0.15) is 18.4 Å². The first-order chi connectivity index (χ1) is 10.1. The highest BCUT2D eigenvalue weighted by Crippen LogP contribution is 2.28. The molecule has 1 unspecified atom stereocenters. The van der Waals surface area contributed by atoms with Crippen molar-refractivity contribution in [3.63, 3.8) is 0 Å². The summed E-state index contributed by atoms with van der Waals surface area (Å²) in [5.74, 6) is 0.417. The Balaban J connectivity index is 2.74. The van der Waals surface area contributed by atoms with Crippen molar-refractivity contribution in [3.8, 4) is 11.5 Å². The van der Waals surface area contributed by atoms with Crippen LogP contribution in [0.5, 0.6) is 11.5 Å². The van der Waals surface area contributed by atoms with Crippen molar-refractivity contribution in [2.45, 2.75) is 25.3 Å². The Labute approximate surface area is 124 Å². The number of methoxy groups -OCH3 is 2. The molecule has 21 heavy (non-hydrogen) atoms.